The average Bonchev–Trinajstić information content (AvgIpc) is 2.25. The molecule has 0 spiro atoms. The molecule has 3 nitrogen and oxygen atoms in total. The zero-order chi connectivity index (χ0) is 13.2. The fourth-order valence-corrected chi connectivity index (χ4v) is 1.11. The molecule has 1 aromatic rings. The van der Waals surface area contributed by atoms with Crippen molar-refractivity contribution in [3.63, 3.8) is 0 Å². The van der Waals surface area contributed by atoms with Crippen LogP contribution >= 0.6 is 0 Å². The fraction of sp³-hybridized carbons (Fsp3) is 0.222. The zero-order valence-corrected chi connectivity index (χ0v) is 7.92. The molecular weight excluding hydrogens is 247 g/mol. The molecule has 0 saturated carbocycles. The van der Waals surface area contributed by atoms with Gasteiger partial charge in [-0.05, 0) is 6.07 Å². The van der Waals surface area contributed by atoms with E-state index in [0.717, 1.165) is 0 Å². The van der Waals surface area contributed by atoms with E-state index in [0.29, 0.717) is 0 Å². The Bertz CT molecular complexity index is 489. The van der Waals surface area contributed by atoms with Crippen molar-refractivity contribution in [1.82, 2.24) is 4.98 Å². The van der Waals surface area contributed by atoms with E-state index >= 15 is 0 Å². The van der Waals surface area contributed by atoms with Gasteiger partial charge < -0.3 is 0 Å². The first-order valence-electron chi connectivity index (χ1n) is 4.06. The number of alkyl halides is 5. The third kappa shape index (κ3) is 2.55. The predicted molar refractivity (Wildman–Crippen MR) is 44.3 cm³/mol. The molecule has 0 N–H and O–H groups in total. The number of pyridine rings is 1. The summed E-state index contributed by atoms with van der Waals surface area (Å²) in [7, 11) is 0. The smallest absolute Gasteiger partial charge is 0.298 e. The molecule has 0 radical (unpaired) electrons. The number of hydrogen-bond acceptors (Lipinski definition) is 3. The number of nitrogens with zero attached hydrogens (tertiary/aromatic N) is 2. The number of aromatic nitrogens is 1. The van der Waals surface area contributed by atoms with Crippen molar-refractivity contribution >= 4 is 6.29 Å². The molecule has 0 unspecified atom stereocenters. The summed E-state index contributed by atoms with van der Waals surface area (Å²) in [4.78, 5) is 13.3. The molecule has 0 atom stereocenters. The first-order chi connectivity index (χ1) is 7.81. The van der Waals surface area contributed by atoms with Crippen LogP contribution in [0.5, 0.6) is 0 Å². The number of rotatable bonds is 2. The van der Waals surface area contributed by atoms with Crippen LogP contribution in [-0.2, 0) is 6.18 Å². The van der Waals surface area contributed by atoms with Gasteiger partial charge in [0.2, 0.25) is 0 Å². The number of carbonyl (C=O) groups is 1. The van der Waals surface area contributed by atoms with Crippen LogP contribution in [0.4, 0.5) is 22.0 Å². The standard InChI is InChI=1S/C9H3F5N2O/c10-8(11)4-1-7(9(12,13)14)16-6(2-15)5(4)3-17/h1,3,8H. The summed E-state index contributed by atoms with van der Waals surface area (Å²) in [6, 6.07) is 1.24. The summed E-state index contributed by atoms with van der Waals surface area (Å²) in [5.41, 5.74) is -4.57. The lowest BCUT2D eigenvalue weighted by atomic mass is 10.1. The van der Waals surface area contributed by atoms with E-state index in [1.54, 1.807) is 0 Å². The lowest BCUT2D eigenvalue weighted by Crippen LogP contribution is -2.12. The minimum absolute atomic E-state index is 0.0647. The molecule has 1 heterocycles. The topological polar surface area (TPSA) is 53.8 Å². The number of hydrogen-bond donors (Lipinski definition) is 0. The van der Waals surface area contributed by atoms with Crippen LogP contribution in [-0.4, -0.2) is 11.3 Å². The minimum atomic E-state index is -4.96. The van der Waals surface area contributed by atoms with Gasteiger partial charge in [0.25, 0.3) is 6.43 Å². The van der Waals surface area contributed by atoms with Crippen LogP contribution in [0.15, 0.2) is 6.07 Å². The van der Waals surface area contributed by atoms with Crippen molar-refractivity contribution in [3.05, 3.63) is 28.6 Å². The van der Waals surface area contributed by atoms with Crippen LogP contribution in [0, 0.1) is 11.3 Å². The van der Waals surface area contributed by atoms with Crippen molar-refractivity contribution in [2.45, 2.75) is 12.6 Å². The maximum absolute atomic E-state index is 12.4. The van der Waals surface area contributed by atoms with Gasteiger partial charge in [-0.1, -0.05) is 0 Å². The highest BCUT2D eigenvalue weighted by molar-refractivity contribution is 5.80. The summed E-state index contributed by atoms with van der Waals surface area (Å²) >= 11 is 0. The lowest BCUT2D eigenvalue weighted by molar-refractivity contribution is -0.141. The molecule has 0 aliphatic heterocycles. The highest BCUT2D eigenvalue weighted by Gasteiger charge is 2.35. The second kappa shape index (κ2) is 4.45. The Kier molecular flexibility index (Phi) is 3.41. The molecular formula is C9H3F5N2O. The van der Waals surface area contributed by atoms with Crippen molar-refractivity contribution in [1.29, 1.82) is 5.26 Å². The van der Waals surface area contributed by atoms with Crippen molar-refractivity contribution in [2.24, 2.45) is 0 Å². The molecule has 0 amide bonds. The number of carbonyl (C=O) groups excluding carboxylic acids is 1. The van der Waals surface area contributed by atoms with Crippen molar-refractivity contribution in [3.8, 4) is 6.07 Å². The van der Waals surface area contributed by atoms with Gasteiger partial charge in [-0.15, -0.1) is 0 Å². The maximum Gasteiger partial charge on any atom is 0.433 e. The van der Waals surface area contributed by atoms with Crippen LogP contribution in [0.1, 0.15) is 33.7 Å². The molecule has 0 fully saturated rings. The summed E-state index contributed by atoms with van der Waals surface area (Å²) in [6.07, 6.45) is -8.38. The van der Waals surface area contributed by atoms with E-state index < -0.39 is 35.1 Å². The minimum Gasteiger partial charge on any atom is -0.298 e. The first-order valence-corrected chi connectivity index (χ1v) is 4.06. The molecule has 1 rings (SSSR count). The third-order valence-corrected chi connectivity index (χ3v) is 1.84. The van der Waals surface area contributed by atoms with Crippen LogP contribution in [0.3, 0.4) is 0 Å². The van der Waals surface area contributed by atoms with E-state index in [1.165, 1.54) is 6.07 Å². The van der Waals surface area contributed by atoms with Crippen molar-refractivity contribution < 1.29 is 26.7 Å². The Hall–Kier alpha value is -2.04. The molecule has 0 saturated heterocycles. The van der Waals surface area contributed by atoms with Gasteiger partial charge in [-0.2, -0.15) is 18.4 Å². The summed E-state index contributed by atoms with van der Waals surface area (Å²) < 4.78 is 61.7. The molecule has 1 aromatic heterocycles. The predicted octanol–water partition coefficient (Wildman–Crippen LogP) is 2.72. The molecule has 90 valence electrons. The van der Waals surface area contributed by atoms with Gasteiger partial charge in [-0.3, -0.25) is 4.79 Å². The quantitative estimate of drug-likeness (QED) is 0.599. The Balaban J connectivity index is 3.58. The maximum atomic E-state index is 12.4. The molecule has 0 aliphatic rings. The highest BCUT2D eigenvalue weighted by atomic mass is 19.4. The second-order valence-electron chi connectivity index (χ2n) is 2.89. The van der Waals surface area contributed by atoms with Crippen molar-refractivity contribution in [2.75, 3.05) is 0 Å². The Labute approximate surface area is 91.5 Å². The molecule has 0 aliphatic carbocycles. The largest absolute Gasteiger partial charge is 0.433 e. The van der Waals surface area contributed by atoms with Gasteiger partial charge in [0, 0.05) is 5.56 Å². The van der Waals surface area contributed by atoms with Gasteiger partial charge in [0.05, 0.1) is 5.56 Å². The van der Waals surface area contributed by atoms with E-state index in [-0.39, 0.29) is 12.4 Å². The van der Waals surface area contributed by atoms with E-state index in [2.05, 4.69) is 4.98 Å². The Morgan fingerprint density at radius 1 is 1.41 bits per heavy atom. The number of aldehydes is 1. The van der Waals surface area contributed by atoms with Crippen LogP contribution in [0.25, 0.3) is 0 Å². The van der Waals surface area contributed by atoms with E-state index in [1.807, 2.05) is 0 Å². The van der Waals surface area contributed by atoms with E-state index in [9.17, 15) is 26.7 Å². The van der Waals surface area contributed by atoms with Gasteiger partial charge >= 0.3 is 6.18 Å². The summed E-state index contributed by atoms with van der Waals surface area (Å²) in [6.45, 7) is 0. The van der Waals surface area contributed by atoms with Crippen LogP contribution in [0.2, 0.25) is 0 Å². The Morgan fingerprint density at radius 3 is 2.35 bits per heavy atom. The number of nitriles is 1. The van der Waals surface area contributed by atoms with Gasteiger partial charge in [0.15, 0.2) is 12.0 Å². The van der Waals surface area contributed by atoms with Gasteiger partial charge in [0.1, 0.15) is 11.8 Å². The summed E-state index contributed by atoms with van der Waals surface area (Å²) in [5, 5.41) is 8.46. The van der Waals surface area contributed by atoms with Gasteiger partial charge in [-0.25, -0.2) is 13.8 Å². The highest BCUT2D eigenvalue weighted by Crippen LogP contribution is 2.32. The molecule has 8 heteroatoms. The zero-order valence-electron chi connectivity index (χ0n) is 7.92. The van der Waals surface area contributed by atoms with Crippen LogP contribution < -0.4 is 0 Å². The molecule has 17 heavy (non-hydrogen) atoms. The SMILES string of the molecule is N#Cc1nc(C(F)(F)F)cc(C(F)F)c1C=O. The normalized spacial score (nSPS) is 11.4. The second-order valence-corrected chi connectivity index (χ2v) is 2.89. The first kappa shape index (κ1) is 13.0. The lowest BCUT2D eigenvalue weighted by Gasteiger charge is -2.10. The number of halogens is 5. The fourth-order valence-electron chi connectivity index (χ4n) is 1.11. The third-order valence-electron chi connectivity index (χ3n) is 1.84. The average molecular weight is 250 g/mol. The Morgan fingerprint density at radius 2 is 2.00 bits per heavy atom. The monoisotopic (exact) mass is 250 g/mol. The molecule has 0 bridgehead atoms. The molecule has 0 aromatic carbocycles. The van der Waals surface area contributed by atoms with E-state index in [4.69, 9.17) is 5.26 Å². The summed E-state index contributed by atoms with van der Waals surface area (Å²) in [5.74, 6) is 0.